The van der Waals surface area contributed by atoms with Crippen LogP contribution >= 0.6 is 15.9 Å². The largest absolute Gasteiger partial charge is 0.388 e. The Morgan fingerprint density at radius 1 is 1.44 bits per heavy atom. The number of aliphatic hydroxyl groups is 1. The summed E-state index contributed by atoms with van der Waals surface area (Å²) < 4.78 is 6.65. The highest BCUT2D eigenvalue weighted by Crippen LogP contribution is 2.34. The van der Waals surface area contributed by atoms with Crippen LogP contribution in [0.3, 0.4) is 0 Å². The highest BCUT2D eigenvalue weighted by atomic mass is 79.9. The molecule has 16 heavy (non-hydrogen) atoms. The Bertz CT molecular complexity index is 336. The fourth-order valence-electron chi connectivity index (χ4n) is 2.35. The van der Waals surface area contributed by atoms with Gasteiger partial charge in [0.1, 0.15) is 0 Å². The minimum Gasteiger partial charge on any atom is -0.388 e. The van der Waals surface area contributed by atoms with E-state index >= 15 is 0 Å². The lowest BCUT2D eigenvalue weighted by atomic mass is 9.89. The molecule has 3 unspecified atom stereocenters. The van der Waals surface area contributed by atoms with E-state index < -0.39 is 6.10 Å². The molecule has 1 aromatic rings. The van der Waals surface area contributed by atoms with Gasteiger partial charge in [-0.25, -0.2) is 0 Å². The predicted molar refractivity (Wildman–Crippen MR) is 67.2 cm³/mol. The Morgan fingerprint density at radius 3 is 2.75 bits per heavy atom. The average molecular weight is 285 g/mol. The molecule has 0 aliphatic carbocycles. The standard InChI is InChI=1S/C13H17BrO2/c1-2-12-11(7-8-16-12)13(15)9-3-5-10(14)6-4-9/h3-6,11-13,15H,2,7-8H2,1H3. The van der Waals surface area contributed by atoms with E-state index in [1.807, 2.05) is 24.3 Å². The second kappa shape index (κ2) is 5.30. The van der Waals surface area contributed by atoms with Crippen LogP contribution in [0.4, 0.5) is 0 Å². The summed E-state index contributed by atoms with van der Waals surface area (Å²) in [5, 5.41) is 10.3. The van der Waals surface area contributed by atoms with Crippen LogP contribution in [0, 0.1) is 5.92 Å². The molecule has 3 atom stereocenters. The summed E-state index contributed by atoms with van der Waals surface area (Å²) in [6, 6.07) is 7.88. The van der Waals surface area contributed by atoms with Crippen LogP contribution in [0.15, 0.2) is 28.7 Å². The molecule has 0 spiro atoms. The lowest BCUT2D eigenvalue weighted by Gasteiger charge is -2.23. The molecule has 0 radical (unpaired) electrons. The van der Waals surface area contributed by atoms with Gasteiger partial charge in [0.2, 0.25) is 0 Å². The zero-order valence-electron chi connectivity index (χ0n) is 9.40. The molecule has 1 aliphatic rings. The van der Waals surface area contributed by atoms with Crippen LogP contribution in [-0.2, 0) is 4.74 Å². The van der Waals surface area contributed by atoms with Gasteiger partial charge in [-0.1, -0.05) is 35.0 Å². The molecular weight excluding hydrogens is 268 g/mol. The molecule has 2 nitrogen and oxygen atoms in total. The second-order valence-electron chi connectivity index (χ2n) is 4.27. The number of aliphatic hydroxyl groups excluding tert-OH is 1. The van der Waals surface area contributed by atoms with E-state index in [1.54, 1.807) is 0 Å². The van der Waals surface area contributed by atoms with Crippen molar-refractivity contribution in [1.82, 2.24) is 0 Å². The monoisotopic (exact) mass is 284 g/mol. The van der Waals surface area contributed by atoms with Crippen LogP contribution < -0.4 is 0 Å². The van der Waals surface area contributed by atoms with E-state index in [2.05, 4.69) is 22.9 Å². The van der Waals surface area contributed by atoms with E-state index in [0.717, 1.165) is 29.5 Å². The lowest BCUT2D eigenvalue weighted by Crippen LogP contribution is -2.21. The molecule has 1 aromatic carbocycles. The first-order valence-electron chi connectivity index (χ1n) is 5.77. The first-order chi connectivity index (χ1) is 7.72. The number of hydrogen-bond acceptors (Lipinski definition) is 2. The molecule has 0 amide bonds. The molecule has 1 heterocycles. The van der Waals surface area contributed by atoms with Crippen molar-refractivity contribution in [3.63, 3.8) is 0 Å². The Labute approximate surface area is 105 Å². The van der Waals surface area contributed by atoms with Gasteiger partial charge in [-0.05, 0) is 30.5 Å². The van der Waals surface area contributed by atoms with Crippen molar-refractivity contribution in [2.45, 2.75) is 32.0 Å². The van der Waals surface area contributed by atoms with Crippen molar-refractivity contribution in [1.29, 1.82) is 0 Å². The molecule has 0 aromatic heterocycles. The van der Waals surface area contributed by atoms with E-state index in [9.17, 15) is 5.11 Å². The molecule has 1 fully saturated rings. The Morgan fingerprint density at radius 2 is 2.12 bits per heavy atom. The van der Waals surface area contributed by atoms with Gasteiger partial charge >= 0.3 is 0 Å². The maximum atomic E-state index is 10.3. The van der Waals surface area contributed by atoms with Crippen LogP contribution in [0.1, 0.15) is 31.4 Å². The van der Waals surface area contributed by atoms with Crippen molar-refractivity contribution in [2.24, 2.45) is 5.92 Å². The molecule has 1 aliphatic heterocycles. The molecule has 3 heteroatoms. The summed E-state index contributed by atoms with van der Waals surface area (Å²) in [6.07, 6.45) is 1.73. The lowest BCUT2D eigenvalue weighted by molar-refractivity contribution is 0.0307. The first kappa shape index (κ1) is 12.1. The van der Waals surface area contributed by atoms with Crippen molar-refractivity contribution >= 4 is 15.9 Å². The van der Waals surface area contributed by atoms with Gasteiger partial charge in [0.25, 0.3) is 0 Å². The molecule has 88 valence electrons. The Kier molecular flexibility index (Phi) is 4.00. The van der Waals surface area contributed by atoms with Crippen molar-refractivity contribution in [3.05, 3.63) is 34.3 Å². The number of benzene rings is 1. The number of hydrogen-bond donors (Lipinski definition) is 1. The van der Waals surface area contributed by atoms with Crippen LogP contribution in [0.25, 0.3) is 0 Å². The van der Waals surface area contributed by atoms with Crippen LogP contribution in [-0.4, -0.2) is 17.8 Å². The molecule has 1 saturated heterocycles. The fourth-order valence-corrected chi connectivity index (χ4v) is 2.62. The van der Waals surface area contributed by atoms with E-state index in [-0.39, 0.29) is 12.0 Å². The Hall–Kier alpha value is -0.380. The number of ether oxygens (including phenoxy) is 1. The van der Waals surface area contributed by atoms with Crippen LogP contribution in [0.2, 0.25) is 0 Å². The summed E-state index contributed by atoms with van der Waals surface area (Å²) in [7, 11) is 0. The zero-order chi connectivity index (χ0) is 11.5. The molecule has 0 bridgehead atoms. The third kappa shape index (κ3) is 2.47. The summed E-state index contributed by atoms with van der Waals surface area (Å²) in [5.74, 6) is 0.242. The third-order valence-corrected chi connectivity index (χ3v) is 3.81. The van der Waals surface area contributed by atoms with Crippen molar-refractivity contribution in [3.8, 4) is 0 Å². The number of rotatable bonds is 3. The number of halogens is 1. The van der Waals surface area contributed by atoms with Gasteiger partial charge < -0.3 is 9.84 Å². The van der Waals surface area contributed by atoms with E-state index in [1.165, 1.54) is 0 Å². The summed E-state index contributed by atoms with van der Waals surface area (Å²) in [5.41, 5.74) is 0.983. The van der Waals surface area contributed by atoms with Gasteiger partial charge in [0.15, 0.2) is 0 Å². The van der Waals surface area contributed by atoms with Crippen LogP contribution in [0.5, 0.6) is 0 Å². The zero-order valence-corrected chi connectivity index (χ0v) is 11.0. The second-order valence-corrected chi connectivity index (χ2v) is 5.18. The first-order valence-corrected chi connectivity index (χ1v) is 6.56. The van der Waals surface area contributed by atoms with Gasteiger partial charge in [0, 0.05) is 17.0 Å². The van der Waals surface area contributed by atoms with Gasteiger partial charge in [-0.2, -0.15) is 0 Å². The molecule has 2 rings (SSSR count). The van der Waals surface area contributed by atoms with E-state index in [0.29, 0.717) is 0 Å². The maximum Gasteiger partial charge on any atom is 0.0843 e. The predicted octanol–water partition coefficient (Wildman–Crippen LogP) is 3.30. The smallest absolute Gasteiger partial charge is 0.0843 e. The summed E-state index contributed by atoms with van der Waals surface area (Å²) in [4.78, 5) is 0. The van der Waals surface area contributed by atoms with Crippen molar-refractivity contribution < 1.29 is 9.84 Å². The third-order valence-electron chi connectivity index (χ3n) is 3.28. The van der Waals surface area contributed by atoms with Gasteiger partial charge in [-0.15, -0.1) is 0 Å². The minimum atomic E-state index is -0.402. The Balaban J connectivity index is 2.12. The average Bonchev–Trinajstić information content (AvgIpc) is 2.77. The summed E-state index contributed by atoms with van der Waals surface area (Å²) >= 11 is 3.40. The van der Waals surface area contributed by atoms with Crippen molar-refractivity contribution in [2.75, 3.05) is 6.61 Å². The molecule has 0 saturated carbocycles. The SMILES string of the molecule is CCC1OCCC1C(O)c1ccc(Br)cc1. The minimum absolute atomic E-state index is 0.207. The fraction of sp³-hybridized carbons (Fsp3) is 0.538. The van der Waals surface area contributed by atoms with Gasteiger partial charge in [-0.3, -0.25) is 0 Å². The normalized spacial score (nSPS) is 26.9. The molecular formula is C13H17BrO2. The topological polar surface area (TPSA) is 29.5 Å². The van der Waals surface area contributed by atoms with Gasteiger partial charge in [0.05, 0.1) is 12.2 Å². The maximum absolute atomic E-state index is 10.3. The molecule has 1 N–H and O–H groups in total. The highest BCUT2D eigenvalue weighted by Gasteiger charge is 2.33. The van der Waals surface area contributed by atoms with E-state index in [4.69, 9.17) is 4.74 Å². The highest BCUT2D eigenvalue weighted by molar-refractivity contribution is 9.10. The summed E-state index contributed by atoms with van der Waals surface area (Å²) in [6.45, 7) is 2.88. The quantitative estimate of drug-likeness (QED) is 0.923.